The van der Waals surface area contributed by atoms with Crippen LogP contribution in [0.5, 0.6) is 0 Å². The number of likely N-dealkylation sites (tertiary alicyclic amines) is 1. The van der Waals surface area contributed by atoms with Gasteiger partial charge in [-0.1, -0.05) is 32.1 Å². The molecule has 0 saturated carbocycles. The zero-order valence-electron chi connectivity index (χ0n) is 26.0. The molecule has 0 radical (unpaired) electrons. The van der Waals surface area contributed by atoms with E-state index in [-0.39, 0.29) is 23.5 Å². The Morgan fingerprint density at radius 2 is 1.89 bits per heavy atom. The van der Waals surface area contributed by atoms with Gasteiger partial charge in [0.05, 0.1) is 6.61 Å². The van der Waals surface area contributed by atoms with E-state index in [0.29, 0.717) is 58.7 Å². The number of fused-ring (bicyclic) bond motifs is 1. The number of nitrogens with zero attached hydrogens (tertiary/aromatic N) is 6. The Kier molecular flexibility index (Phi) is 7.89. The number of aryl methyl sites for hydroxylation is 1. The van der Waals surface area contributed by atoms with Crippen molar-refractivity contribution in [1.82, 2.24) is 24.3 Å². The number of hydrogen-bond donors (Lipinski definition) is 2. The summed E-state index contributed by atoms with van der Waals surface area (Å²) >= 11 is 0. The molecule has 3 aromatic heterocycles. The largest absolute Gasteiger partial charge is 0.392 e. The summed E-state index contributed by atoms with van der Waals surface area (Å²) in [4.78, 5) is 42.2. The number of aromatic nitrogens is 3. The molecular formula is C34H41N7O3. The molecule has 0 aromatic carbocycles. The van der Waals surface area contributed by atoms with E-state index in [2.05, 4.69) is 58.6 Å². The number of amides is 1. The summed E-state index contributed by atoms with van der Waals surface area (Å²) in [6.07, 6.45) is 8.95. The Morgan fingerprint density at radius 1 is 1.09 bits per heavy atom. The summed E-state index contributed by atoms with van der Waals surface area (Å²) in [5.74, 6) is 1.34. The maximum Gasteiger partial charge on any atom is 0.275 e. The average Bonchev–Trinajstić information content (AvgIpc) is 2.97. The average molecular weight is 596 g/mol. The molecule has 10 nitrogen and oxygen atoms in total. The minimum Gasteiger partial charge on any atom is -0.392 e. The number of hydrogen-bond acceptors (Lipinski definition) is 8. The van der Waals surface area contributed by atoms with Crippen LogP contribution in [-0.4, -0.2) is 75.1 Å². The highest BCUT2D eigenvalue weighted by molar-refractivity contribution is 6.06. The zero-order valence-corrected chi connectivity index (χ0v) is 26.0. The first kappa shape index (κ1) is 29.8. The molecule has 44 heavy (non-hydrogen) atoms. The van der Waals surface area contributed by atoms with E-state index in [0.717, 1.165) is 38.0 Å². The molecule has 3 aliphatic rings. The highest BCUT2D eigenvalue weighted by atomic mass is 16.3. The lowest BCUT2D eigenvalue weighted by molar-refractivity contribution is -0.118. The van der Waals surface area contributed by atoms with Gasteiger partial charge in [-0.2, -0.15) is 0 Å². The molecule has 0 bridgehead atoms. The van der Waals surface area contributed by atoms with E-state index in [1.807, 2.05) is 18.3 Å². The SMILES string of the molecule is C=C1/C=C2/C(=O)N(c3nccc(-c4cc(Nc5ccc(C6CN(C)C6)cn5)c(=O)n(C)c4)c3CO)CCN2CCC(C)(C)C1. The number of aliphatic hydroxyl groups excluding tert-OH is 1. The minimum absolute atomic E-state index is 0.121. The quantitative estimate of drug-likeness (QED) is 0.440. The van der Waals surface area contributed by atoms with Crippen molar-refractivity contribution in [3.8, 4) is 11.1 Å². The van der Waals surface area contributed by atoms with Crippen molar-refractivity contribution >= 4 is 23.2 Å². The lowest BCUT2D eigenvalue weighted by atomic mass is 9.81. The Balaban J connectivity index is 1.30. The lowest BCUT2D eigenvalue weighted by Crippen LogP contribution is -2.50. The van der Waals surface area contributed by atoms with Crippen LogP contribution in [-0.2, 0) is 18.4 Å². The second-order valence-corrected chi connectivity index (χ2v) is 13.1. The topological polar surface area (TPSA) is 107 Å². The molecule has 6 heterocycles. The third-order valence-electron chi connectivity index (χ3n) is 9.03. The number of likely N-dealkylation sites (N-methyl/N-ethyl adjacent to an activating group) is 1. The van der Waals surface area contributed by atoms with E-state index in [1.54, 1.807) is 36.5 Å². The summed E-state index contributed by atoms with van der Waals surface area (Å²) in [5, 5.41) is 13.8. The van der Waals surface area contributed by atoms with Crippen LogP contribution in [0, 0.1) is 5.41 Å². The van der Waals surface area contributed by atoms with Gasteiger partial charge in [-0.25, -0.2) is 9.97 Å². The summed E-state index contributed by atoms with van der Waals surface area (Å²) in [5.41, 5.74) is 4.94. The van der Waals surface area contributed by atoms with Crippen LogP contribution in [0.15, 0.2) is 71.6 Å². The van der Waals surface area contributed by atoms with Crippen molar-refractivity contribution in [3.05, 3.63) is 88.3 Å². The maximum absolute atomic E-state index is 13.9. The third-order valence-corrected chi connectivity index (χ3v) is 9.03. The van der Waals surface area contributed by atoms with Gasteiger partial charge in [-0.3, -0.25) is 14.5 Å². The predicted molar refractivity (Wildman–Crippen MR) is 173 cm³/mol. The standard InChI is InChI=1S/C34H41N7O3/c1-22-14-29-33(44)41(13-12-40(29)11-9-34(2,3)16-22)31-27(21-42)26(8-10-35-31)24-15-28(32(43)39(5)20-24)37-30-7-6-23(17-36-30)25-18-38(4)19-25/h6-8,10,14-15,17,20,25,42H,1,9,11-13,16,18-19,21H2,2-5H3,(H,36,37)/b29-14-. The Morgan fingerprint density at radius 3 is 2.59 bits per heavy atom. The number of allylic oxidation sites excluding steroid dienone is 2. The van der Waals surface area contributed by atoms with E-state index >= 15 is 0 Å². The number of aliphatic hydroxyl groups is 1. The molecule has 230 valence electrons. The second kappa shape index (κ2) is 11.7. The molecule has 2 N–H and O–H groups in total. The molecule has 1 amide bonds. The minimum atomic E-state index is -0.322. The van der Waals surface area contributed by atoms with Gasteiger partial charge in [0.1, 0.15) is 23.0 Å². The Bertz CT molecular complexity index is 1690. The first-order valence-corrected chi connectivity index (χ1v) is 15.2. The highest BCUT2D eigenvalue weighted by Gasteiger charge is 2.35. The second-order valence-electron chi connectivity index (χ2n) is 13.1. The van der Waals surface area contributed by atoms with Gasteiger partial charge in [0.2, 0.25) is 0 Å². The molecule has 0 atom stereocenters. The fourth-order valence-electron chi connectivity index (χ4n) is 6.55. The number of piperazine rings is 1. The van der Waals surface area contributed by atoms with Gasteiger partial charge in [0, 0.05) is 75.4 Å². The van der Waals surface area contributed by atoms with Gasteiger partial charge in [0.15, 0.2) is 0 Å². The Labute approximate surface area is 258 Å². The fraction of sp³-hybridized carbons (Fsp3) is 0.412. The first-order valence-electron chi connectivity index (χ1n) is 15.2. The third kappa shape index (κ3) is 5.79. The molecule has 3 aliphatic heterocycles. The van der Waals surface area contributed by atoms with Crippen LogP contribution in [0.25, 0.3) is 11.1 Å². The van der Waals surface area contributed by atoms with Gasteiger partial charge in [-0.05, 0) is 60.7 Å². The molecule has 0 spiro atoms. The fourth-order valence-corrected chi connectivity index (χ4v) is 6.55. The molecule has 2 saturated heterocycles. The zero-order chi connectivity index (χ0) is 31.2. The first-order chi connectivity index (χ1) is 21.0. The molecule has 6 rings (SSSR count). The van der Waals surface area contributed by atoms with Crippen LogP contribution in [0.3, 0.4) is 0 Å². The van der Waals surface area contributed by atoms with E-state index in [9.17, 15) is 14.7 Å². The van der Waals surface area contributed by atoms with Crippen molar-refractivity contribution in [3.63, 3.8) is 0 Å². The molecule has 0 aliphatic carbocycles. The lowest BCUT2D eigenvalue weighted by Gasteiger charge is -2.41. The van der Waals surface area contributed by atoms with Crippen molar-refractivity contribution in [2.75, 3.05) is 50.0 Å². The number of carbonyl (C=O) groups excluding carboxylic acids is 1. The van der Waals surface area contributed by atoms with Gasteiger partial charge in [-0.15, -0.1) is 0 Å². The molecule has 10 heteroatoms. The number of pyridine rings is 3. The smallest absolute Gasteiger partial charge is 0.275 e. The Hall–Kier alpha value is -4.28. The predicted octanol–water partition coefficient (Wildman–Crippen LogP) is 4.02. The van der Waals surface area contributed by atoms with Crippen molar-refractivity contribution < 1.29 is 9.90 Å². The molecule has 0 unspecified atom stereocenters. The highest BCUT2D eigenvalue weighted by Crippen LogP contribution is 2.36. The normalized spacial score (nSPS) is 20.3. The number of rotatable bonds is 6. The summed E-state index contributed by atoms with van der Waals surface area (Å²) in [6, 6.07) is 7.52. The van der Waals surface area contributed by atoms with Crippen molar-refractivity contribution in [1.29, 1.82) is 0 Å². The summed E-state index contributed by atoms with van der Waals surface area (Å²) in [6.45, 7) is 12.3. The molecule has 3 aromatic rings. The van der Waals surface area contributed by atoms with E-state index < -0.39 is 0 Å². The van der Waals surface area contributed by atoms with Gasteiger partial charge >= 0.3 is 0 Å². The number of anilines is 3. The van der Waals surface area contributed by atoms with Gasteiger partial charge < -0.3 is 24.8 Å². The molecule has 2 fully saturated rings. The van der Waals surface area contributed by atoms with E-state index in [4.69, 9.17) is 0 Å². The monoisotopic (exact) mass is 595 g/mol. The van der Waals surface area contributed by atoms with Gasteiger partial charge in [0.25, 0.3) is 11.5 Å². The number of nitrogens with one attached hydrogen (secondary N) is 1. The number of carbonyl (C=O) groups is 1. The van der Waals surface area contributed by atoms with Crippen LogP contribution in [0.1, 0.15) is 43.7 Å². The van der Waals surface area contributed by atoms with Crippen LogP contribution >= 0.6 is 0 Å². The van der Waals surface area contributed by atoms with Crippen LogP contribution < -0.4 is 15.8 Å². The van der Waals surface area contributed by atoms with Crippen molar-refractivity contribution in [2.24, 2.45) is 12.5 Å². The summed E-state index contributed by atoms with van der Waals surface area (Å²) in [7, 11) is 3.79. The van der Waals surface area contributed by atoms with E-state index in [1.165, 1.54) is 10.1 Å². The summed E-state index contributed by atoms with van der Waals surface area (Å²) < 4.78 is 1.51. The van der Waals surface area contributed by atoms with Crippen LogP contribution in [0.2, 0.25) is 0 Å². The van der Waals surface area contributed by atoms with Crippen molar-refractivity contribution in [2.45, 2.75) is 39.2 Å². The molecular weight excluding hydrogens is 554 g/mol. The van der Waals surface area contributed by atoms with Crippen LogP contribution in [0.4, 0.5) is 17.3 Å². The maximum atomic E-state index is 13.9.